The molecule has 1 heterocycles. The molecule has 5 heteroatoms. The highest BCUT2D eigenvalue weighted by Crippen LogP contribution is 2.36. The van der Waals surface area contributed by atoms with Gasteiger partial charge < -0.3 is 5.11 Å². The van der Waals surface area contributed by atoms with Gasteiger partial charge in [0.2, 0.25) is 0 Å². The molecule has 16 heavy (non-hydrogen) atoms. The van der Waals surface area contributed by atoms with Crippen molar-refractivity contribution in [2.75, 3.05) is 0 Å². The van der Waals surface area contributed by atoms with Crippen LogP contribution in [0.1, 0.15) is 9.67 Å². The van der Waals surface area contributed by atoms with E-state index in [0.29, 0.717) is 9.90 Å². The molecule has 2 rings (SSSR count). The molecule has 0 spiro atoms. The van der Waals surface area contributed by atoms with Gasteiger partial charge in [-0.15, -0.1) is 11.3 Å². The number of carboxylic acid groups (broad SMARTS) is 1. The van der Waals surface area contributed by atoms with Gasteiger partial charge in [-0.3, -0.25) is 0 Å². The zero-order valence-electron chi connectivity index (χ0n) is 8.01. The lowest BCUT2D eigenvalue weighted by Gasteiger charge is -2.00. The lowest BCUT2D eigenvalue weighted by molar-refractivity contribution is 0.0702. The molecule has 1 aromatic heterocycles. The summed E-state index contributed by atoms with van der Waals surface area (Å²) in [6.07, 6.45) is 0. The zero-order chi connectivity index (χ0) is 11.5. The Bertz CT molecular complexity index is 522. The van der Waals surface area contributed by atoms with Crippen LogP contribution in [0, 0.1) is 0 Å². The number of benzene rings is 1. The molecular formula is C11H7ClO2S2. The Kier molecular flexibility index (Phi) is 3.53. The Balaban J connectivity index is 2.21. The highest BCUT2D eigenvalue weighted by atomic mass is 35.5. The number of aromatic carboxylic acids is 1. The predicted octanol–water partition coefficient (Wildman–Crippen LogP) is 4.25. The third-order valence-corrected chi connectivity index (χ3v) is 4.56. The third-order valence-electron chi connectivity index (χ3n) is 1.84. The summed E-state index contributed by atoms with van der Waals surface area (Å²) in [5.41, 5.74) is 0. The van der Waals surface area contributed by atoms with Gasteiger partial charge in [0.05, 0.1) is 9.23 Å². The summed E-state index contributed by atoms with van der Waals surface area (Å²) in [5.74, 6) is -0.893. The molecule has 0 saturated carbocycles. The van der Waals surface area contributed by atoms with Crippen LogP contribution in [0.25, 0.3) is 0 Å². The SMILES string of the molecule is O=C(O)c1ccc(Sc2ccccc2Cl)s1. The van der Waals surface area contributed by atoms with Gasteiger partial charge >= 0.3 is 5.97 Å². The number of thiophene rings is 1. The van der Waals surface area contributed by atoms with Gasteiger partial charge in [-0.1, -0.05) is 35.5 Å². The first-order chi connectivity index (χ1) is 7.66. The van der Waals surface area contributed by atoms with Crippen molar-refractivity contribution >= 4 is 40.7 Å². The normalized spacial score (nSPS) is 10.3. The van der Waals surface area contributed by atoms with E-state index < -0.39 is 5.97 Å². The van der Waals surface area contributed by atoms with Crippen LogP contribution >= 0.6 is 34.7 Å². The number of rotatable bonds is 3. The van der Waals surface area contributed by atoms with E-state index in [1.54, 1.807) is 12.1 Å². The fourth-order valence-electron chi connectivity index (χ4n) is 1.13. The average Bonchev–Trinajstić information content (AvgIpc) is 2.70. The van der Waals surface area contributed by atoms with E-state index >= 15 is 0 Å². The van der Waals surface area contributed by atoms with E-state index in [9.17, 15) is 4.79 Å². The number of carboxylic acids is 1. The minimum absolute atomic E-state index is 0.342. The van der Waals surface area contributed by atoms with Crippen LogP contribution in [-0.4, -0.2) is 11.1 Å². The Hall–Kier alpha value is -0.970. The zero-order valence-corrected chi connectivity index (χ0v) is 10.4. The molecule has 0 saturated heterocycles. The smallest absolute Gasteiger partial charge is 0.345 e. The maximum Gasteiger partial charge on any atom is 0.345 e. The van der Waals surface area contributed by atoms with Gasteiger partial charge in [0.15, 0.2) is 0 Å². The predicted molar refractivity (Wildman–Crippen MR) is 66.9 cm³/mol. The molecule has 0 aliphatic carbocycles. The Morgan fingerprint density at radius 1 is 1.25 bits per heavy atom. The molecule has 0 radical (unpaired) electrons. The summed E-state index contributed by atoms with van der Waals surface area (Å²) in [6.45, 7) is 0. The summed E-state index contributed by atoms with van der Waals surface area (Å²) >= 11 is 8.74. The summed E-state index contributed by atoms with van der Waals surface area (Å²) in [6, 6.07) is 10.9. The van der Waals surface area contributed by atoms with Crippen LogP contribution in [0.4, 0.5) is 0 Å². The first-order valence-electron chi connectivity index (χ1n) is 4.42. The number of carbonyl (C=O) groups is 1. The van der Waals surface area contributed by atoms with Crippen molar-refractivity contribution in [3.05, 3.63) is 46.3 Å². The van der Waals surface area contributed by atoms with Crippen LogP contribution < -0.4 is 0 Å². The quantitative estimate of drug-likeness (QED) is 0.906. The van der Waals surface area contributed by atoms with E-state index in [1.807, 2.05) is 24.3 Å². The summed E-state index contributed by atoms with van der Waals surface area (Å²) in [7, 11) is 0. The Labute approximate surface area is 106 Å². The number of halogens is 1. The van der Waals surface area contributed by atoms with Crippen molar-refractivity contribution in [1.29, 1.82) is 0 Å². The molecule has 2 aromatic rings. The molecule has 1 N–H and O–H groups in total. The summed E-state index contributed by atoms with van der Waals surface area (Å²) < 4.78 is 0.922. The highest BCUT2D eigenvalue weighted by molar-refractivity contribution is 8.01. The third kappa shape index (κ3) is 2.58. The van der Waals surface area contributed by atoms with Crippen molar-refractivity contribution in [2.45, 2.75) is 9.10 Å². The number of hydrogen-bond acceptors (Lipinski definition) is 3. The molecule has 82 valence electrons. The maximum absolute atomic E-state index is 10.7. The Morgan fingerprint density at radius 2 is 2.00 bits per heavy atom. The standard InChI is InChI=1S/C11H7ClO2S2/c12-7-3-1-2-4-8(7)15-10-6-5-9(16-10)11(13)14/h1-6H,(H,13,14). The molecule has 0 aliphatic heterocycles. The van der Waals surface area contributed by atoms with Crippen molar-refractivity contribution < 1.29 is 9.90 Å². The van der Waals surface area contributed by atoms with Crippen molar-refractivity contribution in [3.8, 4) is 0 Å². The molecule has 0 fully saturated rings. The molecule has 0 aliphatic rings. The van der Waals surface area contributed by atoms with Crippen LogP contribution in [0.15, 0.2) is 45.5 Å². The molecular weight excluding hydrogens is 264 g/mol. The van der Waals surface area contributed by atoms with Crippen LogP contribution in [0.5, 0.6) is 0 Å². The fraction of sp³-hybridized carbons (Fsp3) is 0. The lowest BCUT2D eigenvalue weighted by atomic mass is 10.4. The van der Waals surface area contributed by atoms with Gasteiger partial charge in [0.1, 0.15) is 4.88 Å². The minimum Gasteiger partial charge on any atom is -0.477 e. The highest BCUT2D eigenvalue weighted by Gasteiger charge is 2.09. The molecule has 2 nitrogen and oxygen atoms in total. The molecule has 0 unspecified atom stereocenters. The number of hydrogen-bond donors (Lipinski definition) is 1. The van der Waals surface area contributed by atoms with E-state index in [1.165, 1.54) is 23.1 Å². The van der Waals surface area contributed by atoms with Crippen molar-refractivity contribution in [1.82, 2.24) is 0 Å². The van der Waals surface area contributed by atoms with Gasteiger partial charge in [-0.2, -0.15) is 0 Å². The van der Waals surface area contributed by atoms with E-state index in [0.717, 1.165) is 9.10 Å². The monoisotopic (exact) mass is 270 g/mol. The second-order valence-electron chi connectivity index (χ2n) is 2.96. The van der Waals surface area contributed by atoms with Crippen LogP contribution in [-0.2, 0) is 0 Å². The van der Waals surface area contributed by atoms with Crippen LogP contribution in [0.3, 0.4) is 0 Å². The molecule has 1 aromatic carbocycles. The van der Waals surface area contributed by atoms with E-state index in [-0.39, 0.29) is 0 Å². The summed E-state index contributed by atoms with van der Waals surface area (Å²) in [5, 5.41) is 9.47. The van der Waals surface area contributed by atoms with Crippen molar-refractivity contribution in [2.24, 2.45) is 0 Å². The topological polar surface area (TPSA) is 37.3 Å². The van der Waals surface area contributed by atoms with Gasteiger partial charge in [-0.25, -0.2) is 4.79 Å². The maximum atomic E-state index is 10.7. The Morgan fingerprint density at radius 3 is 2.62 bits per heavy atom. The molecule has 0 atom stereocenters. The minimum atomic E-state index is -0.893. The fourth-order valence-corrected chi connectivity index (χ4v) is 3.32. The summed E-state index contributed by atoms with van der Waals surface area (Å²) in [4.78, 5) is 12.0. The largest absolute Gasteiger partial charge is 0.477 e. The van der Waals surface area contributed by atoms with Crippen LogP contribution in [0.2, 0.25) is 5.02 Å². The lowest BCUT2D eigenvalue weighted by Crippen LogP contribution is -1.89. The first-order valence-corrected chi connectivity index (χ1v) is 6.43. The van der Waals surface area contributed by atoms with E-state index in [4.69, 9.17) is 16.7 Å². The van der Waals surface area contributed by atoms with E-state index in [2.05, 4.69) is 0 Å². The second kappa shape index (κ2) is 4.91. The van der Waals surface area contributed by atoms with Gasteiger partial charge in [0.25, 0.3) is 0 Å². The van der Waals surface area contributed by atoms with Gasteiger partial charge in [0, 0.05) is 4.90 Å². The van der Waals surface area contributed by atoms with Crippen molar-refractivity contribution in [3.63, 3.8) is 0 Å². The molecule has 0 amide bonds. The van der Waals surface area contributed by atoms with Gasteiger partial charge in [-0.05, 0) is 24.3 Å². The second-order valence-corrected chi connectivity index (χ2v) is 5.79. The average molecular weight is 271 g/mol. The first kappa shape index (κ1) is 11.5. The molecule has 0 bridgehead atoms.